The van der Waals surface area contributed by atoms with E-state index in [1.165, 1.54) is 49.7 Å². The Balaban J connectivity index is 1.16. The third-order valence-electron chi connectivity index (χ3n) is 11.9. The van der Waals surface area contributed by atoms with E-state index in [2.05, 4.69) is 149 Å². The number of rotatable bonds is 5. The maximum atomic E-state index is 6.76. The molecule has 6 nitrogen and oxygen atoms in total. The molecule has 5 aromatic heterocycles. The number of fused-ring (bicyclic) bond motifs is 11. The zero-order valence-electron chi connectivity index (χ0n) is 31.2. The van der Waals surface area contributed by atoms with Crippen LogP contribution < -0.4 is 4.74 Å². The first-order valence-electron chi connectivity index (χ1n) is 18.7. The normalized spacial score (nSPS) is 13.7. The summed E-state index contributed by atoms with van der Waals surface area (Å²) in [6.07, 6.45) is 5.91. The van der Waals surface area contributed by atoms with E-state index in [4.69, 9.17) is 19.7 Å². The summed E-state index contributed by atoms with van der Waals surface area (Å²) in [5.41, 5.74) is 12.4. The molecule has 6 heteroatoms. The molecule has 10 rings (SSSR count). The molecule has 1 aliphatic rings. The van der Waals surface area contributed by atoms with Gasteiger partial charge in [0.15, 0.2) is 0 Å². The van der Waals surface area contributed by atoms with E-state index < -0.39 is 0 Å². The third kappa shape index (κ3) is 4.29. The fraction of sp³-hybridized carbons (Fsp3) is 0.213. The van der Waals surface area contributed by atoms with E-state index >= 15 is 0 Å². The zero-order valence-corrected chi connectivity index (χ0v) is 31.2. The lowest BCUT2D eigenvalue weighted by Crippen LogP contribution is -2.42. The molecule has 0 saturated carbocycles. The minimum Gasteiger partial charge on any atom is -0.457 e. The van der Waals surface area contributed by atoms with Gasteiger partial charge in [-0.15, -0.1) is 0 Å². The Bertz CT molecular complexity index is 2950. The minimum atomic E-state index is -0.160. The second kappa shape index (κ2) is 11.2. The average Bonchev–Trinajstić information content (AvgIpc) is 3.72. The fourth-order valence-electron chi connectivity index (χ4n) is 10.00. The van der Waals surface area contributed by atoms with Crippen molar-refractivity contribution in [2.24, 2.45) is 11.8 Å². The molecule has 0 unspecified atom stereocenters. The highest BCUT2D eigenvalue weighted by Gasteiger charge is 2.47. The molecule has 6 heterocycles. The first kappa shape index (κ1) is 31.7. The van der Waals surface area contributed by atoms with Crippen molar-refractivity contribution in [3.63, 3.8) is 0 Å². The van der Waals surface area contributed by atoms with Gasteiger partial charge in [-0.2, -0.15) is 0 Å². The van der Waals surface area contributed by atoms with Crippen LogP contribution in [0.5, 0.6) is 11.5 Å². The van der Waals surface area contributed by atoms with E-state index in [0.29, 0.717) is 11.8 Å². The minimum absolute atomic E-state index is 0.160. The predicted octanol–water partition coefficient (Wildman–Crippen LogP) is 11.8. The van der Waals surface area contributed by atoms with Gasteiger partial charge in [0.2, 0.25) is 0 Å². The number of nitrogens with zero attached hydrogens (tertiary/aromatic N) is 5. The van der Waals surface area contributed by atoms with Gasteiger partial charge in [-0.1, -0.05) is 69.7 Å². The summed E-state index contributed by atoms with van der Waals surface area (Å²) in [5, 5.41) is 5.62. The number of pyridine rings is 3. The van der Waals surface area contributed by atoms with Crippen LogP contribution in [0.25, 0.3) is 66.3 Å². The summed E-state index contributed by atoms with van der Waals surface area (Å²) in [6.45, 7) is 15.9. The van der Waals surface area contributed by atoms with Gasteiger partial charge in [0.1, 0.15) is 28.6 Å². The number of benzene rings is 4. The topological polar surface area (TPSA) is 57.2 Å². The highest BCUT2D eigenvalue weighted by Crippen LogP contribution is 2.54. The van der Waals surface area contributed by atoms with Gasteiger partial charge in [0.05, 0.1) is 16.7 Å². The molecule has 9 aromatic rings. The van der Waals surface area contributed by atoms with Crippen LogP contribution in [0.15, 0.2) is 110 Å². The fourth-order valence-corrected chi connectivity index (χ4v) is 10.00. The van der Waals surface area contributed by atoms with Crippen LogP contribution in [0.3, 0.4) is 0 Å². The first-order chi connectivity index (χ1) is 25.7. The van der Waals surface area contributed by atoms with Gasteiger partial charge in [0, 0.05) is 62.7 Å². The maximum Gasteiger partial charge on any atom is 0.147 e. The second-order valence-corrected chi connectivity index (χ2v) is 15.5. The molecular formula is C47H41N5O. The summed E-state index contributed by atoms with van der Waals surface area (Å²) in [5.74, 6) is 3.29. The van der Waals surface area contributed by atoms with Crippen molar-refractivity contribution in [1.29, 1.82) is 0 Å². The number of aryl methyl sites for hydroxylation is 3. The highest BCUT2D eigenvalue weighted by atomic mass is 16.5. The zero-order chi connectivity index (χ0) is 36.3. The largest absolute Gasteiger partial charge is 0.457 e. The van der Waals surface area contributed by atoms with E-state index in [0.717, 1.165) is 56.0 Å². The number of hydrogen-bond acceptors (Lipinski definition) is 4. The van der Waals surface area contributed by atoms with Crippen molar-refractivity contribution < 1.29 is 4.74 Å². The predicted molar refractivity (Wildman–Crippen MR) is 217 cm³/mol. The molecule has 0 atom stereocenters. The molecule has 0 radical (unpaired) electrons. The molecule has 4 aromatic carbocycles. The van der Waals surface area contributed by atoms with E-state index in [1.807, 2.05) is 18.5 Å². The molecule has 53 heavy (non-hydrogen) atoms. The Hall–Kier alpha value is -6.01. The average molecular weight is 692 g/mol. The van der Waals surface area contributed by atoms with Crippen molar-refractivity contribution in [1.82, 2.24) is 23.9 Å². The Morgan fingerprint density at radius 1 is 0.623 bits per heavy atom. The lowest BCUT2D eigenvalue weighted by Gasteiger charge is -2.46. The van der Waals surface area contributed by atoms with Crippen LogP contribution in [0.4, 0.5) is 0 Å². The monoisotopic (exact) mass is 691 g/mol. The molecule has 0 spiro atoms. The molecule has 0 bridgehead atoms. The van der Waals surface area contributed by atoms with Crippen LogP contribution in [0.2, 0.25) is 0 Å². The second-order valence-electron chi connectivity index (χ2n) is 15.5. The van der Waals surface area contributed by atoms with E-state index in [-0.39, 0.29) is 5.41 Å². The Morgan fingerprint density at radius 3 is 2.08 bits per heavy atom. The van der Waals surface area contributed by atoms with Crippen molar-refractivity contribution in [3.05, 3.63) is 137 Å². The first-order valence-corrected chi connectivity index (χ1v) is 18.7. The van der Waals surface area contributed by atoms with Crippen LogP contribution >= 0.6 is 0 Å². The SMILES string of the molecule is Cc1cc(C)c(-c2cn3c4ncccc4c4ccc(Oc5ccc6c7cccc8c7n(c6c5)-c5ncccc5C8(C(C)C)C(C)C)cc4c3n2)c(C)c1. The Kier molecular flexibility index (Phi) is 6.73. The van der Waals surface area contributed by atoms with Gasteiger partial charge < -0.3 is 4.74 Å². The highest BCUT2D eigenvalue weighted by molar-refractivity contribution is 6.13. The van der Waals surface area contributed by atoms with Crippen molar-refractivity contribution in [2.75, 3.05) is 0 Å². The van der Waals surface area contributed by atoms with Crippen LogP contribution in [-0.4, -0.2) is 23.9 Å². The molecule has 1 aliphatic heterocycles. The summed E-state index contributed by atoms with van der Waals surface area (Å²) in [4.78, 5) is 15.2. The third-order valence-corrected chi connectivity index (χ3v) is 11.9. The summed E-state index contributed by atoms with van der Waals surface area (Å²) in [6, 6.07) is 32.6. The standard InChI is InChI=1S/C47H41N5O/c1-26(2)47(27(3)4)38-13-8-11-35-34-18-16-32(24-41(34)52(43(35)38)46-39(47)14-10-20-49-46)53-31-15-17-33-36-12-9-19-48-44(36)51-25-40(50-45(51)37(33)23-31)42-29(6)21-28(5)22-30(42)7/h8-27H,1-7H3. The number of hydrogen-bond donors (Lipinski definition) is 0. The lowest BCUT2D eigenvalue weighted by atomic mass is 9.59. The molecule has 0 N–H and O–H groups in total. The number of ether oxygens (including phenoxy) is 1. The van der Waals surface area contributed by atoms with Crippen LogP contribution in [0, 0.1) is 32.6 Å². The number of imidazole rings is 1. The molecule has 260 valence electrons. The number of para-hydroxylation sites is 1. The van der Waals surface area contributed by atoms with Gasteiger partial charge in [0.25, 0.3) is 0 Å². The van der Waals surface area contributed by atoms with Crippen molar-refractivity contribution >= 4 is 49.3 Å². The van der Waals surface area contributed by atoms with Crippen molar-refractivity contribution in [2.45, 2.75) is 53.9 Å². The maximum absolute atomic E-state index is 6.76. The quantitative estimate of drug-likeness (QED) is 0.169. The van der Waals surface area contributed by atoms with Gasteiger partial charge in [-0.25, -0.2) is 15.0 Å². The smallest absolute Gasteiger partial charge is 0.147 e. The Morgan fingerprint density at radius 2 is 1.30 bits per heavy atom. The van der Waals surface area contributed by atoms with Crippen molar-refractivity contribution in [3.8, 4) is 28.6 Å². The Labute approximate surface area is 308 Å². The lowest BCUT2D eigenvalue weighted by molar-refractivity contribution is 0.271. The van der Waals surface area contributed by atoms with Crippen LogP contribution in [-0.2, 0) is 5.41 Å². The summed E-state index contributed by atoms with van der Waals surface area (Å²) in [7, 11) is 0. The van der Waals surface area contributed by atoms with Gasteiger partial charge >= 0.3 is 0 Å². The molecule has 0 aliphatic carbocycles. The van der Waals surface area contributed by atoms with Gasteiger partial charge in [-0.3, -0.25) is 8.97 Å². The molecular weight excluding hydrogens is 651 g/mol. The van der Waals surface area contributed by atoms with E-state index in [9.17, 15) is 0 Å². The number of aromatic nitrogens is 5. The molecule has 0 saturated heterocycles. The summed E-state index contributed by atoms with van der Waals surface area (Å²) < 4.78 is 11.3. The van der Waals surface area contributed by atoms with Gasteiger partial charge in [-0.05, 0) is 103 Å². The molecule has 0 amide bonds. The van der Waals surface area contributed by atoms with Crippen LogP contribution in [0.1, 0.15) is 55.5 Å². The van der Waals surface area contributed by atoms with E-state index in [1.54, 1.807) is 0 Å². The molecule has 0 fully saturated rings. The summed E-state index contributed by atoms with van der Waals surface area (Å²) >= 11 is 0.